The second kappa shape index (κ2) is 6.08. The Morgan fingerprint density at radius 1 is 1.29 bits per heavy atom. The lowest BCUT2D eigenvalue weighted by Gasteiger charge is -2.30. The van der Waals surface area contributed by atoms with Gasteiger partial charge in [-0.2, -0.15) is 0 Å². The molecule has 0 saturated carbocycles. The average molecular weight is 238 g/mol. The van der Waals surface area contributed by atoms with Gasteiger partial charge in [0.05, 0.1) is 5.54 Å². The summed E-state index contributed by atoms with van der Waals surface area (Å²) in [5.41, 5.74) is -0.181. The summed E-state index contributed by atoms with van der Waals surface area (Å²) in [6, 6.07) is 0.189. The molecule has 1 saturated heterocycles. The Bertz CT molecular complexity index is 277. The number of nitrogens with zero attached hydrogens (tertiary/aromatic N) is 2. The van der Waals surface area contributed by atoms with Crippen LogP contribution in [-0.2, 0) is 0 Å². The van der Waals surface area contributed by atoms with Crippen molar-refractivity contribution in [2.24, 2.45) is 0 Å². The first kappa shape index (κ1) is 14.1. The van der Waals surface area contributed by atoms with Crippen molar-refractivity contribution in [1.29, 1.82) is 0 Å². The van der Waals surface area contributed by atoms with Gasteiger partial charge in [0.1, 0.15) is 0 Å². The Labute approximate surface area is 105 Å². The van der Waals surface area contributed by atoms with Gasteiger partial charge in [0.15, 0.2) is 0 Å². The molecule has 1 aliphatic rings. The topological polar surface area (TPSA) is 23.6 Å². The normalized spacial score (nSPS) is 24.5. The van der Waals surface area contributed by atoms with Crippen LogP contribution in [0, 0.1) is 0 Å². The van der Waals surface area contributed by atoms with E-state index in [0.29, 0.717) is 0 Å². The minimum absolute atomic E-state index is 0.181. The minimum atomic E-state index is -0.181. The predicted octanol–water partition coefficient (Wildman–Crippen LogP) is 3.27. The Kier molecular flexibility index (Phi) is 5.03. The molecule has 0 bridgehead atoms. The van der Waals surface area contributed by atoms with Crippen molar-refractivity contribution in [1.82, 2.24) is 9.80 Å². The first-order valence-electron chi connectivity index (χ1n) is 6.79. The Balaban J connectivity index is 2.71. The van der Waals surface area contributed by atoms with Crippen LogP contribution in [0.4, 0.5) is 4.79 Å². The van der Waals surface area contributed by atoms with E-state index in [0.717, 1.165) is 45.3 Å². The third-order valence-corrected chi connectivity index (χ3v) is 3.59. The fraction of sp³-hybridized carbons (Fsp3) is 0.786. The van der Waals surface area contributed by atoms with Crippen molar-refractivity contribution in [2.45, 2.75) is 52.0 Å². The van der Waals surface area contributed by atoms with Gasteiger partial charge in [0.25, 0.3) is 0 Å². The number of carbonyl (C=O) groups is 1. The average Bonchev–Trinajstić information content (AvgIpc) is 2.57. The van der Waals surface area contributed by atoms with Crippen LogP contribution < -0.4 is 0 Å². The molecule has 0 spiro atoms. The third kappa shape index (κ3) is 3.02. The van der Waals surface area contributed by atoms with E-state index in [1.807, 2.05) is 15.9 Å². The fourth-order valence-corrected chi connectivity index (χ4v) is 2.29. The number of amides is 2. The van der Waals surface area contributed by atoms with Crippen LogP contribution in [0.1, 0.15) is 46.5 Å². The smallest absolute Gasteiger partial charge is 0.320 e. The van der Waals surface area contributed by atoms with E-state index in [-0.39, 0.29) is 11.6 Å². The lowest BCUT2D eigenvalue weighted by molar-refractivity contribution is 0.177. The molecule has 0 aliphatic carbocycles. The number of carbonyl (C=O) groups excluding carboxylic acids is 1. The van der Waals surface area contributed by atoms with Gasteiger partial charge >= 0.3 is 6.03 Å². The molecule has 0 N–H and O–H groups in total. The maximum Gasteiger partial charge on any atom is 0.320 e. The first-order chi connectivity index (χ1) is 8.09. The first-order valence-corrected chi connectivity index (χ1v) is 6.79. The third-order valence-electron chi connectivity index (χ3n) is 3.59. The van der Waals surface area contributed by atoms with Crippen molar-refractivity contribution in [3.05, 3.63) is 12.7 Å². The number of rotatable bonds is 7. The van der Waals surface area contributed by atoms with E-state index >= 15 is 0 Å². The summed E-state index contributed by atoms with van der Waals surface area (Å²) in [4.78, 5) is 16.3. The zero-order valence-corrected chi connectivity index (χ0v) is 11.5. The standard InChI is InChI=1S/C14H26N2O/c1-5-8-10-15-12-14(4,7-3)16(13(15)17)11-9-6-2/h7H,3,5-6,8-12H2,1-2,4H3. The molecule has 1 unspecified atom stereocenters. The molecule has 0 aromatic heterocycles. The lowest BCUT2D eigenvalue weighted by Crippen LogP contribution is -2.43. The summed E-state index contributed by atoms with van der Waals surface area (Å²) in [7, 11) is 0. The zero-order chi connectivity index (χ0) is 12.9. The molecule has 1 fully saturated rings. The summed E-state index contributed by atoms with van der Waals surface area (Å²) in [5, 5.41) is 0. The van der Waals surface area contributed by atoms with Crippen LogP contribution in [0.15, 0.2) is 12.7 Å². The van der Waals surface area contributed by atoms with Crippen LogP contribution in [0.5, 0.6) is 0 Å². The fourth-order valence-electron chi connectivity index (χ4n) is 2.29. The van der Waals surface area contributed by atoms with E-state index < -0.39 is 0 Å². The van der Waals surface area contributed by atoms with E-state index in [9.17, 15) is 4.79 Å². The Morgan fingerprint density at radius 2 is 1.88 bits per heavy atom. The highest BCUT2D eigenvalue weighted by Gasteiger charge is 2.43. The Hall–Kier alpha value is -0.990. The van der Waals surface area contributed by atoms with Gasteiger partial charge in [-0.1, -0.05) is 32.8 Å². The van der Waals surface area contributed by atoms with Crippen LogP contribution in [-0.4, -0.2) is 41.0 Å². The number of unbranched alkanes of at least 4 members (excludes halogenated alkanes) is 2. The Morgan fingerprint density at radius 3 is 2.41 bits per heavy atom. The van der Waals surface area contributed by atoms with Crippen LogP contribution >= 0.6 is 0 Å². The molecular weight excluding hydrogens is 212 g/mol. The molecule has 0 aromatic rings. The molecule has 0 radical (unpaired) electrons. The number of urea groups is 1. The molecule has 1 atom stereocenters. The van der Waals surface area contributed by atoms with E-state index in [1.165, 1.54) is 0 Å². The summed E-state index contributed by atoms with van der Waals surface area (Å²) in [5.74, 6) is 0. The van der Waals surface area contributed by atoms with Gasteiger partial charge < -0.3 is 9.80 Å². The van der Waals surface area contributed by atoms with E-state index in [2.05, 4.69) is 27.4 Å². The molecule has 98 valence electrons. The highest BCUT2D eigenvalue weighted by molar-refractivity contribution is 5.78. The van der Waals surface area contributed by atoms with Crippen molar-refractivity contribution in [2.75, 3.05) is 19.6 Å². The highest BCUT2D eigenvalue weighted by atomic mass is 16.2. The molecule has 2 amide bonds. The lowest BCUT2D eigenvalue weighted by atomic mass is 10.0. The van der Waals surface area contributed by atoms with Gasteiger partial charge in [-0.05, 0) is 19.8 Å². The summed E-state index contributed by atoms with van der Waals surface area (Å²) < 4.78 is 0. The summed E-state index contributed by atoms with van der Waals surface area (Å²) >= 11 is 0. The SMILES string of the molecule is C=CC1(C)CN(CCCC)C(=O)N1CCCC. The van der Waals surface area contributed by atoms with Gasteiger partial charge in [0.2, 0.25) is 0 Å². The van der Waals surface area contributed by atoms with E-state index in [1.54, 1.807) is 0 Å². The van der Waals surface area contributed by atoms with Crippen molar-refractivity contribution < 1.29 is 4.79 Å². The molecule has 17 heavy (non-hydrogen) atoms. The van der Waals surface area contributed by atoms with Gasteiger partial charge in [-0.3, -0.25) is 0 Å². The molecule has 1 aliphatic heterocycles. The van der Waals surface area contributed by atoms with E-state index in [4.69, 9.17) is 0 Å². The molecular formula is C14H26N2O. The van der Waals surface area contributed by atoms with Gasteiger partial charge in [-0.25, -0.2) is 4.79 Å². The molecule has 0 aromatic carbocycles. The van der Waals surface area contributed by atoms with Crippen molar-refractivity contribution in [3.63, 3.8) is 0 Å². The minimum Gasteiger partial charge on any atom is -0.322 e. The second-order valence-corrected chi connectivity index (χ2v) is 5.12. The zero-order valence-electron chi connectivity index (χ0n) is 11.5. The maximum atomic E-state index is 12.3. The molecule has 3 nitrogen and oxygen atoms in total. The van der Waals surface area contributed by atoms with Crippen molar-refractivity contribution >= 4 is 6.03 Å². The van der Waals surface area contributed by atoms with Crippen LogP contribution in [0.2, 0.25) is 0 Å². The monoisotopic (exact) mass is 238 g/mol. The maximum absolute atomic E-state index is 12.3. The van der Waals surface area contributed by atoms with Crippen LogP contribution in [0.25, 0.3) is 0 Å². The van der Waals surface area contributed by atoms with Gasteiger partial charge in [0, 0.05) is 19.6 Å². The summed E-state index contributed by atoms with van der Waals surface area (Å²) in [6.07, 6.45) is 6.32. The van der Waals surface area contributed by atoms with Crippen molar-refractivity contribution in [3.8, 4) is 0 Å². The number of hydrogen-bond acceptors (Lipinski definition) is 1. The molecule has 1 heterocycles. The van der Waals surface area contributed by atoms with Crippen LogP contribution in [0.3, 0.4) is 0 Å². The molecule has 1 rings (SSSR count). The summed E-state index contributed by atoms with van der Waals surface area (Å²) in [6.45, 7) is 12.8. The number of hydrogen-bond donors (Lipinski definition) is 0. The largest absolute Gasteiger partial charge is 0.322 e. The second-order valence-electron chi connectivity index (χ2n) is 5.12. The molecule has 3 heteroatoms. The highest BCUT2D eigenvalue weighted by Crippen LogP contribution is 2.28. The predicted molar refractivity (Wildman–Crippen MR) is 72.1 cm³/mol. The quantitative estimate of drug-likeness (QED) is 0.624. The van der Waals surface area contributed by atoms with Gasteiger partial charge in [-0.15, -0.1) is 6.58 Å².